The van der Waals surface area contributed by atoms with Gasteiger partial charge in [0.05, 0.1) is 24.1 Å². The molecule has 0 N–H and O–H groups in total. The van der Waals surface area contributed by atoms with Crippen LogP contribution in [0.2, 0.25) is 0 Å². The molecule has 3 rings (SSSR count). The van der Waals surface area contributed by atoms with E-state index in [1.165, 1.54) is 31.6 Å². The lowest BCUT2D eigenvalue weighted by Gasteiger charge is -2.17. The van der Waals surface area contributed by atoms with Gasteiger partial charge in [-0.25, -0.2) is 22.5 Å². The largest absolute Gasteiger partial charge is 0.385 e. The molecule has 27 heavy (non-hydrogen) atoms. The van der Waals surface area contributed by atoms with E-state index in [1.807, 2.05) is 0 Å². The summed E-state index contributed by atoms with van der Waals surface area (Å²) >= 11 is 0. The third-order valence-corrected chi connectivity index (χ3v) is 3.89. The molecule has 1 aromatic heterocycles. The van der Waals surface area contributed by atoms with Crippen molar-refractivity contribution < 1.29 is 22.4 Å². The predicted molar refractivity (Wildman–Crippen MR) is 91.0 cm³/mol. The van der Waals surface area contributed by atoms with E-state index < -0.39 is 29.4 Å². The smallest absolute Gasteiger partial charge is 0.173 e. The quantitative estimate of drug-likeness (QED) is 0.357. The Bertz CT molecular complexity index is 937. The molecule has 4 nitrogen and oxygen atoms in total. The monoisotopic (exact) mass is 377 g/mol. The fourth-order valence-corrected chi connectivity index (χ4v) is 2.57. The summed E-state index contributed by atoms with van der Waals surface area (Å²) in [5.41, 5.74) is -0.335. The first kappa shape index (κ1) is 18.6. The van der Waals surface area contributed by atoms with Crippen LogP contribution in [0.1, 0.15) is 24.2 Å². The lowest BCUT2D eigenvalue weighted by Crippen LogP contribution is -2.13. The van der Waals surface area contributed by atoms with Gasteiger partial charge < -0.3 is 9.40 Å². The van der Waals surface area contributed by atoms with Gasteiger partial charge in [-0.2, -0.15) is 0 Å². The van der Waals surface area contributed by atoms with Crippen LogP contribution in [-0.4, -0.2) is 15.3 Å². The zero-order valence-electron chi connectivity index (χ0n) is 14.2. The van der Waals surface area contributed by atoms with Gasteiger partial charge >= 0.3 is 0 Å². The third-order valence-electron chi connectivity index (χ3n) is 3.89. The minimum Gasteiger partial charge on any atom is -0.385 e. The van der Waals surface area contributed by atoms with E-state index >= 15 is 0 Å². The predicted octanol–water partition coefficient (Wildman–Crippen LogP) is 4.62. The second-order valence-corrected chi connectivity index (χ2v) is 5.79. The maximum absolute atomic E-state index is 14.2. The number of halogens is 4. The molecular weight excluding hydrogens is 362 g/mol. The summed E-state index contributed by atoms with van der Waals surface area (Å²) in [6.45, 7) is 1.48. The minimum atomic E-state index is -0.968. The molecular formula is C19H15F4N3O. The van der Waals surface area contributed by atoms with Gasteiger partial charge in [-0.05, 0) is 31.2 Å². The van der Waals surface area contributed by atoms with Gasteiger partial charge in [0.2, 0.25) is 0 Å². The number of imidazole rings is 1. The van der Waals surface area contributed by atoms with Crippen LogP contribution in [0.3, 0.4) is 0 Å². The number of rotatable bonds is 6. The Morgan fingerprint density at radius 3 is 2.48 bits per heavy atom. The molecule has 1 heterocycles. The molecule has 1 unspecified atom stereocenters. The first-order valence-electron chi connectivity index (χ1n) is 8.01. The van der Waals surface area contributed by atoms with E-state index in [2.05, 4.69) is 10.1 Å². The standard InChI is InChI=1S/C19H15F4N3O/c1-12(19-15(21)3-2-4-16(19)22)25-27-18(10-26-8-7-24-11-26)14-6-5-13(20)9-17(14)23/h2-9,11,18H,10H2,1H3/b25-12+. The molecule has 3 aromatic rings. The van der Waals surface area contributed by atoms with Crippen LogP contribution >= 0.6 is 0 Å². The summed E-state index contributed by atoms with van der Waals surface area (Å²) in [6, 6.07) is 6.49. The van der Waals surface area contributed by atoms with E-state index in [4.69, 9.17) is 4.84 Å². The number of aromatic nitrogens is 2. The van der Waals surface area contributed by atoms with Gasteiger partial charge in [0.15, 0.2) is 6.10 Å². The third kappa shape index (κ3) is 4.33. The van der Waals surface area contributed by atoms with Gasteiger partial charge in [0.25, 0.3) is 0 Å². The van der Waals surface area contributed by atoms with Crippen LogP contribution in [0.25, 0.3) is 0 Å². The lowest BCUT2D eigenvalue weighted by atomic mass is 10.1. The van der Waals surface area contributed by atoms with E-state index in [0.717, 1.165) is 24.3 Å². The average molecular weight is 377 g/mol. The van der Waals surface area contributed by atoms with Crippen LogP contribution < -0.4 is 0 Å². The van der Waals surface area contributed by atoms with Crippen molar-refractivity contribution in [2.45, 2.75) is 19.6 Å². The van der Waals surface area contributed by atoms with Gasteiger partial charge in [-0.1, -0.05) is 11.2 Å². The van der Waals surface area contributed by atoms with Crippen LogP contribution in [0.15, 0.2) is 60.3 Å². The molecule has 2 aromatic carbocycles. The number of oxime groups is 1. The highest BCUT2D eigenvalue weighted by Crippen LogP contribution is 2.24. The second kappa shape index (κ2) is 8.03. The molecule has 8 heteroatoms. The van der Waals surface area contributed by atoms with Crippen molar-refractivity contribution in [2.75, 3.05) is 0 Å². The van der Waals surface area contributed by atoms with Gasteiger partial charge in [0.1, 0.15) is 23.3 Å². The molecule has 0 amide bonds. The Kier molecular flexibility index (Phi) is 5.54. The lowest BCUT2D eigenvalue weighted by molar-refractivity contribution is 0.0430. The summed E-state index contributed by atoms with van der Waals surface area (Å²) in [7, 11) is 0. The molecule has 0 saturated heterocycles. The Hall–Kier alpha value is -3.16. The average Bonchev–Trinajstić information content (AvgIpc) is 3.12. The van der Waals surface area contributed by atoms with Gasteiger partial charge in [0, 0.05) is 24.0 Å². The van der Waals surface area contributed by atoms with Crippen molar-refractivity contribution in [2.24, 2.45) is 5.16 Å². The molecule has 0 bridgehead atoms. The van der Waals surface area contributed by atoms with Crippen LogP contribution in [0, 0.1) is 23.3 Å². The molecule has 0 fully saturated rings. The van der Waals surface area contributed by atoms with Crippen LogP contribution in [-0.2, 0) is 11.4 Å². The Morgan fingerprint density at radius 2 is 1.85 bits per heavy atom. The summed E-state index contributed by atoms with van der Waals surface area (Å²) in [4.78, 5) is 9.28. The first-order valence-corrected chi connectivity index (χ1v) is 8.01. The highest BCUT2D eigenvalue weighted by molar-refractivity contribution is 5.98. The zero-order valence-corrected chi connectivity index (χ0v) is 14.2. The molecule has 0 aliphatic heterocycles. The fraction of sp³-hybridized carbons (Fsp3) is 0.158. The number of hydrogen-bond acceptors (Lipinski definition) is 3. The van der Waals surface area contributed by atoms with E-state index in [9.17, 15) is 17.6 Å². The topological polar surface area (TPSA) is 39.4 Å². The summed E-state index contributed by atoms with van der Waals surface area (Å²) in [5.74, 6) is -3.13. The van der Waals surface area contributed by atoms with E-state index in [1.54, 1.807) is 10.8 Å². The van der Waals surface area contributed by atoms with Crippen molar-refractivity contribution in [3.63, 3.8) is 0 Å². The normalized spacial score (nSPS) is 12.9. The maximum Gasteiger partial charge on any atom is 0.173 e. The SMILES string of the molecule is C/C(=N\OC(Cn1ccnc1)c1ccc(F)cc1F)c1c(F)cccc1F. The Morgan fingerprint density at radius 1 is 1.11 bits per heavy atom. The maximum atomic E-state index is 14.2. The number of hydrogen-bond donors (Lipinski definition) is 0. The van der Waals surface area contributed by atoms with Crippen molar-refractivity contribution in [1.82, 2.24) is 9.55 Å². The molecule has 0 aliphatic carbocycles. The zero-order chi connectivity index (χ0) is 19.4. The number of nitrogens with zero attached hydrogens (tertiary/aromatic N) is 3. The van der Waals surface area contributed by atoms with Crippen molar-refractivity contribution in [1.29, 1.82) is 0 Å². The highest BCUT2D eigenvalue weighted by atomic mass is 19.1. The Balaban J connectivity index is 1.91. The molecule has 1 atom stereocenters. The van der Waals surface area contributed by atoms with E-state index in [0.29, 0.717) is 0 Å². The molecule has 0 saturated carbocycles. The second-order valence-electron chi connectivity index (χ2n) is 5.79. The first-order chi connectivity index (χ1) is 13.0. The summed E-state index contributed by atoms with van der Waals surface area (Å²) in [6.07, 6.45) is 3.68. The van der Waals surface area contributed by atoms with Crippen molar-refractivity contribution in [3.8, 4) is 0 Å². The van der Waals surface area contributed by atoms with Gasteiger partial charge in [-0.15, -0.1) is 0 Å². The van der Waals surface area contributed by atoms with E-state index in [-0.39, 0.29) is 23.4 Å². The molecule has 140 valence electrons. The molecule has 0 spiro atoms. The van der Waals surface area contributed by atoms with Crippen LogP contribution in [0.5, 0.6) is 0 Å². The Labute approximate surface area is 152 Å². The van der Waals surface area contributed by atoms with Crippen molar-refractivity contribution >= 4 is 5.71 Å². The number of benzene rings is 2. The van der Waals surface area contributed by atoms with Gasteiger partial charge in [-0.3, -0.25) is 0 Å². The summed E-state index contributed by atoms with van der Waals surface area (Å²) < 4.78 is 56.8. The highest BCUT2D eigenvalue weighted by Gasteiger charge is 2.20. The fourth-order valence-electron chi connectivity index (χ4n) is 2.57. The minimum absolute atomic E-state index is 0.0515. The van der Waals surface area contributed by atoms with Crippen LogP contribution in [0.4, 0.5) is 17.6 Å². The molecule has 0 radical (unpaired) electrons. The molecule has 0 aliphatic rings. The summed E-state index contributed by atoms with van der Waals surface area (Å²) in [5, 5.41) is 3.78. The van der Waals surface area contributed by atoms with Crippen molar-refractivity contribution in [3.05, 3.63) is 89.5 Å².